The fourth-order valence-corrected chi connectivity index (χ4v) is 3.57. The monoisotopic (exact) mass is 479 g/mol. The first-order valence-corrected chi connectivity index (χ1v) is 11.2. The van der Waals surface area contributed by atoms with Crippen molar-refractivity contribution in [2.75, 3.05) is 19.4 Å². The summed E-state index contributed by atoms with van der Waals surface area (Å²) in [5, 5.41) is 21.3. The number of phenols is 1. The number of rotatable bonds is 9. The van der Waals surface area contributed by atoms with Crippen molar-refractivity contribution < 1.29 is 24.3 Å². The zero-order chi connectivity index (χ0) is 25.7. The van der Waals surface area contributed by atoms with Gasteiger partial charge in [0, 0.05) is 14.1 Å². The average molecular weight is 480 g/mol. The van der Waals surface area contributed by atoms with Crippen LogP contribution in [0.5, 0.6) is 5.75 Å². The molecular weight excluding hydrogens is 450 g/mol. The third-order valence-corrected chi connectivity index (χ3v) is 5.57. The average Bonchev–Trinajstić information content (AvgIpc) is 3.10. The first-order valence-electron chi connectivity index (χ1n) is 11.2. The van der Waals surface area contributed by atoms with E-state index in [2.05, 4.69) is 21.3 Å². The Labute approximate surface area is 203 Å². The quantitative estimate of drug-likeness (QED) is 0.272. The van der Waals surface area contributed by atoms with Crippen molar-refractivity contribution in [2.24, 2.45) is 0 Å². The maximum atomic E-state index is 12.9. The van der Waals surface area contributed by atoms with E-state index < -0.39 is 23.8 Å². The summed E-state index contributed by atoms with van der Waals surface area (Å²) >= 11 is 0. The molecule has 3 rings (SSSR count). The van der Waals surface area contributed by atoms with Crippen LogP contribution in [0.2, 0.25) is 0 Å². The van der Waals surface area contributed by atoms with E-state index in [1.165, 1.54) is 23.1 Å². The molecule has 1 aliphatic rings. The van der Waals surface area contributed by atoms with Gasteiger partial charge in [0.05, 0.1) is 17.3 Å². The number of amides is 4. The van der Waals surface area contributed by atoms with E-state index in [4.69, 9.17) is 0 Å². The second-order valence-corrected chi connectivity index (χ2v) is 8.31. The third kappa shape index (κ3) is 5.60. The van der Waals surface area contributed by atoms with E-state index in [9.17, 15) is 24.3 Å². The molecule has 0 fully saturated rings. The number of para-hydroxylation sites is 1. The van der Waals surface area contributed by atoms with Crippen LogP contribution in [0.15, 0.2) is 59.9 Å². The standard InChI is InChI=1S/C25H29N5O5/c1-5-17(22(32)26-14(2)15-10-7-6-8-11-15)27-19-20(24(34)29-23(19)33)28-18-13-9-12-16(21(18)31)25(35)30(3)4/h6-14,17,31H,5H2,1-4H3,(H,26,32)(H3,27,28,29,33,34)/t14?,17-/m1/s1. The molecular formula is C25H29N5O5. The van der Waals surface area contributed by atoms with Gasteiger partial charge in [-0.1, -0.05) is 43.3 Å². The lowest BCUT2D eigenvalue weighted by molar-refractivity contribution is -0.124. The highest BCUT2D eigenvalue weighted by Crippen LogP contribution is 2.30. The van der Waals surface area contributed by atoms with Crippen LogP contribution in [0.25, 0.3) is 0 Å². The van der Waals surface area contributed by atoms with Crippen molar-refractivity contribution >= 4 is 29.3 Å². The molecule has 2 aromatic rings. The van der Waals surface area contributed by atoms with Crippen molar-refractivity contribution in [3.05, 3.63) is 71.1 Å². The van der Waals surface area contributed by atoms with Gasteiger partial charge in [0.15, 0.2) is 5.75 Å². The van der Waals surface area contributed by atoms with Gasteiger partial charge < -0.3 is 26.0 Å². The van der Waals surface area contributed by atoms with Gasteiger partial charge >= 0.3 is 0 Å². The Morgan fingerprint density at radius 2 is 1.66 bits per heavy atom. The molecule has 2 aromatic carbocycles. The smallest absolute Gasteiger partial charge is 0.276 e. The molecule has 1 aliphatic heterocycles. The first kappa shape index (κ1) is 25.3. The van der Waals surface area contributed by atoms with Crippen LogP contribution in [0.1, 0.15) is 42.2 Å². The van der Waals surface area contributed by atoms with Crippen LogP contribution >= 0.6 is 0 Å². The highest BCUT2D eigenvalue weighted by Gasteiger charge is 2.34. The third-order valence-electron chi connectivity index (χ3n) is 5.57. The van der Waals surface area contributed by atoms with Crippen LogP contribution in [0, 0.1) is 0 Å². The van der Waals surface area contributed by atoms with Crippen LogP contribution in [0.3, 0.4) is 0 Å². The van der Waals surface area contributed by atoms with Crippen molar-refractivity contribution in [1.29, 1.82) is 0 Å². The van der Waals surface area contributed by atoms with Gasteiger partial charge in [-0.3, -0.25) is 24.5 Å². The summed E-state index contributed by atoms with van der Waals surface area (Å²) in [6, 6.07) is 12.8. The molecule has 184 valence electrons. The summed E-state index contributed by atoms with van der Waals surface area (Å²) < 4.78 is 0. The first-order chi connectivity index (χ1) is 16.6. The number of carbonyl (C=O) groups excluding carboxylic acids is 4. The number of hydrogen-bond acceptors (Lipinski definition) is 7. The number of carbonyl (C=O) groups is 4. The minimum absolute atomic E-state index is 0.0283. The number of nitrogens with one attached hydrogen (secondary N) is 4. The Balaban J connectivity index is 1.84. The molecule has 4 amide bonds. The van der Waals surface area contributed by atoms with Gasteiger partial charge in [0.2, 0.25) is 5.91 Å². The van der Waals surface area contributed by atoms with Gasteiger partial charge in [-0.25, -0.2) is 0 Å². The van der Waals surface area contributed by atoms with Crippen molar-refractivity contribution in [3.63, 3.8) is 0 Å². The lowest BCUT2D eigenvalue weighted by Crippen LogP contribution is -2.45. The summed E-state index contributed by atoms with van der Waals surface area (Å²) in [5.74, 6) is -2.58. The molecule has 35 heavy (non-hydrogen) atoms. The number of nitrogens with zero attached hydrogens (tertiary/aromatic N) is 1. The highest BCUT2D eigenvalue weighted by molar-refractivity contribution is 6.20. The predicted octanol–water partition coefficient (Wildman–Crippen LogP) is 1.62. The Morgan fingerprint density at radius 1 is 1.00 bits per heavy atom. The number of benzene rings is 2. The zero-order valence-corrected chi connectivity index (χ0v) is 20.0. The Morgan fingerprint density at radius 3 is 2.29 bits per heavy atom. The number of anilines is 1. The number of imide groups is 1. The van der Waals surface area contributed by atoms with E-state index in [-0.39, 0.29) is 40.3 Å². The molecule has 0 spiro atoms. The molecule has 0 saturated carbocycles. The maximum absolute atomic E-state index is 12.9. The number of aromatic hydroxyl groups is 1. The fourth-order valence-electron chi connectivity index (χ4n) is 3.57. The molecule has 5 N–H and O–H groups in total. The van der Waals surface area contributed by atoms with Crippen LogP contribution < -0.4 is 21.3 Å². The van der Waals surface area contributed by atoms with E-state index in [0.29, 0.717) is 6.42 Å². The molecule has 0 aromatic heterocycles. The molecule has 0 radical (unpaired) electrons. The molecule has 0 saturated heterocycles. The second-order valence-electron chi connectivity index (χ2n) is 8.31. The fraction of sp³-hybridized carbons (Fsp3) is 0.280. The van der Waals surface area contributed by atoms with Gasteiger partial charge in [0.1, 0.15) is 17.4 Å². The minimum atomic E-state index is -0.806. The summed E-state index contributed by atoms with van der Waals surface area (Å²) in [5.41, 5.74) is 0.719. The number of hydrogen-bond donors (Lipinski definition) is 5. The van der Waals surface area contributed by atoms with Gasteiger partial charge in [-0.05, 0) is 31.0 Å². The molecule has 0 aliphatic carbocycles. The minimum Gasteiger partial charge on any atom is -0.505 e. The topological polar surface area (TPSA) is 140 Å². The van der Waals surface area contributed by atoms with Gasteiger partial charge in [-0.15, -0.1) is 0 Å². The molecule has 1 unspecified atom stereocenters. The highest BCUT2D eigenvalue weighted by atomic mass is 16.3. The van der Waals surface area contributed by atoms with E-state index in [1.807, 2.05) is 37.3 Å². The molecule has 0 bridgehead atoms. The largest absolute Gasteiger partial charge is 0.505 e. The van der Waals surface area contributed by atoms with Crippen molar-refractivity contribution in [3.8, 4) is 5.75 Å². The van der Waals surface area contributed by atoms with Crippen LogP contribution in [-0.2, 0) is 14.4 Å². The molecule has 10 nitrogen and oxygen atoms in total. The summed E-state index contributed by atoms with van der Waals surface area (Å²) in [6.07, 6.45) is 0.337. The lowest BCUT2D eigenvalue weighted by atomic mass is 10.1. The molecule has 10 heteroatoms. The maximum Gasteiger partial charge on any atom is 0.276 e. The van der Waals surface area contributed by atoms with Crippen LogP contribution in [0.4, 0.5) is 5.69 Å². The molecule has 2 atom stereocenters. The Bertz CT molecular complexity index is 1180. The van der Waals surface area contributed by atoms with Gasteiger partial charge in [-0.2, -0.15) is 0 Å². The second kappa shape index (κ2) is 10.7. The van der Waals surface area contributed by atoms with E-state index >= 15 is 0 Å². The predicted molar refractivity (Wildman–Crippen MR) is 130 cm³/mol. The van der Waals surface area contributed by atoms with Crippen molar-refractivity contribution in [2.45, 2.75) is 32.4 Å². The van der Waals surface area contributed by atoms with Crippen LogP contribution in [-0.4, -0.2) is 53.8 Å². The SMILES string of the molecule is CC[C@@H](NC1=C(Nc2cccc(C(=O)N(C)C)c2O)C(=O)NC1=O)C(=O)NC(C)c1ccccc1. The summed E-state index contributed by atoms with van der Waals surface area (Å²) in [7, 11) is 3.09. The summed E-state index contributed by atoms with van der Waals surface area (Å²) in [4.78, 5) is 51.5. The Kier molecular flexibility index (Phi) is 7.75. The van der Waals surface area contributed by atoms with Gasteiger partial charge in [0.25, 0.3) is 17.7 Å². The summed E-state index contributed by atoms with van der Waals surface area (Å²) in [6.45, 7) is 3.62. The molecule has 1 heterocycles. The number of phenolic OH excluding ortho intramolecular Hbond substituents is 1. The zero-order valence-electron chi connectivity index (χ0n) is 20.0. The van der Waals surface area contributed by atoms with E-state index in [1.54, 1.807) is 21.0 Å². The normalized spacial score (nSPS) is 14.7. The van der Waals surface area contributed by atoms with Crippen molar-refractivity contribution in [1.82, 2.24) is 20.9 Å². The van der Waals surface area contributed by atoms with E-state index in [0.717, 1.165) is 5.56 Å². The lowest BCUT2D eigenvalue weighted by Gasteiger charge is -2.22. The Hall–Kier alpha value is -4.34.